The number of hydrogen-bond acceptors (Lipinski definition) is 4. The number of rotatable bonds is 13. The average molecular weight is 373 g/mol. The maximum Gasteiger partial charge on any atom is 0.392 e. The lowest BCUT2D eigenvalue weighted by Crippen LogP contribution is -2.48. The standard InChI is InChI=1S/C15H30F3N3O2S/c1-5-13(19-10-12(4)15(16,17)18)21-14(22)8-6-7-9-20-24(23)11(2)3/h5,11-14,19-22H,1,6-10H2,2-4H3. The van der Waals surface area contributed by atoms with E-state index in [1.807, 2.05) is 13.8 Å². The molecule has 4 atom stereocenters. The van der Waals surface area contributed by atoms with Gasteiger partial charge in [-0.2, -0.15) is 13.2 Å². The van der Waals surface area contributed by atoms with Gasteiger partial charge in [0.05, 0.1) is 23.1 Å². The summed E-state index contributed by atoms with van der Waals surface area (Å²) in [5.74, 6) is -1.48. The second-order valence-corrected chi connectivity index (χ2v) is 7.81. The van der Waals surface area contributed by atoms with Gasteiger partial charge in [-0.1, -0.05) is 13.0 Å². The van der Waals surface area contributed by atoms with Gasteiger partial charge in [0.25, 0.3) is 0 Å². The van der Waals surface area contributed by atoms with Crippen LogP contribution >= 0.6 is 0 Å². The van der Waals surface area contributed by atoms with Crippen molar-refractivity contribution in [2.24, 2.45) is 5.92 Å². The first-order chi connectivity index (χ1) is 11.1. The highest BCUT2D eigenvalue weighted by Crippen LogP contribution is 2.24. The predicted octanol–water partition coefficient (Wildman–Crippen LogP) is 2.03. The van der Waals surface area contributed by atoms with Crippen LogP contribution in [0.5, 0.6) is 0 Å². The Kier molecular flexibility index (Phi) is 11.7. The zero-order valence-electron chi connectivity index (χ0n) is 14.5. The van der Waals surface area contributed by atoms with E-state index in [4.69, 9.17) is 0 Å². The Hall–Kier alpha value is -0.480. The summed E-state index contributed by atoms with van der Waals surface area (Å²) in [6.45, 7) is 8.68. The molecule has 4 N–H and O–H groups in total. The summed E-state index contributed by atoms with van der Waals surface area (Å²) in [5, 5.41) is 15.4. The minimum atomic E-state index is -4.25. The topological polar surface area (TPSA) is 73.4 Å². The second-order valence-electron chi connectivity index (χ2n) is 5.98. The fourth-order valence-corrected chi connectivity index (χ4v) is 2.40. The van der Waals surface area contributed by atoms with E-state index >= 15 is 0 Å². The molecule has 0 aromatic heterocycles. The Balaban J connectivity index is 3.92. The smallest absolute Gasteiger partial charge is 0.379 e. The number of alkyl halides is 3. The molecule has 0 bridgehead atoms. The molecule has 0 aliphatic carbocycles. The highest BCUT2D eigenvalue weighted by Gasteiger charge is 2.35. The predicted molar refractivity (Wildman–Crippen MR) is 91.5 cm³/mol. The minimum Gasteiger partial charge on any atom is -0.379 e. The minimum absolute atomic E-state index is 0.0516. The van der Waals surface area contributed by atoms with Crippen LogP contribution in [0.4, 0.5) is 13.2 Å². The molecule has 0 saturated carbocycles. The van der Waals surface area contributed by atoms with Crippen LogP contribution in [0, 0.1) is 5.92 Å². The van der Waals surface area contributed by atoms with E-state index in [-0.39, 0.29) is 11.8 Å². The molecular formula is C15H30F3N3O2S. The third-order valence-corrected chi connectivity index (χ3v) is 4.73. The lowest BCUT2D eigenvalue weighted by molar-refractivity contribution is -0.168. The fraction of sp³-hybridized carbons (Fsp3) is 0.867. The number of nitrogens with one attached hydrogen (secondary N) is 3. The van der Waals surface area contributed by atoms with Crippen LogP contribution in [0.1, 0.15) is 40.0 Å². The van der Waals surface area contributed by atoms with E-state index in [9.17, 15) is 22.5 Å². The molecule has 0 fully saturated rings. The van der Waals surface area contributed by atoms with Gasteiger partial charge in [0.2, 0.25) is 0 Å². The molecule has 0 heterocycles. The van der Waals surface area contributed by atoms with Crippen molar-refractivity contribution in [3.05, 3.63) is 12.7 Å². The third-order valence-electron chi connectivity index (χ3n) is 3.39. The molecule has 0 amide bonds. The normalized spacial score (nSPS) is 17.5. The first-order valence-electron chi connectivity index (χ1n) is 8.08. The number of aliphatic hydroxyl groups is 1. The molecule has 5 nitrogen and oxygen atoms in total. The summed E-state index contributed by atoms with van der Waals surface area (Å²) in [4.78, 5) is 0. The van der Waals surface area contributed by atoms with Crippen LogP contribution < -0.4 is 15.4 Å². The molecule has 0 radical (unpaired) electrons. The summed E-state index contributed by atoms with van der Waals surface area (Å²) in [6.07, 6.45) is -2.40. The van der Waals surface area contributed by atoms with Gasteiger partial charge < -0.3 is 5.11 Å². The molecule has 0 aliphatic rings. The lowest BCUT2D eigenvalue weighted by atomic mass is 10.1. The van der Waals surface area contributed by atoms with Crippen LogP contribution in [0.15, 0.2) is 12.7 Å². The maximum absolute atomic E-state index is 12.4. The first kappa shape index (κ1) is 23.5. The average Bonchev–Trinajstić information content (AvgIpc) is 2.49. The number of aliphatic hydroxyl groups excluding tert-OH is 1. The first-order valence-corrected chi connectivity index (χ1v) is 9.30. The zero-order chi connectivity index (χ0) is 18.8. The highest BCUT2D eigenvalue weighted by atomic mass is 32.2. The fourth-order valence-electron chi connectivity index (χ4n) is 1.72. The number of hydrogen-bond donors (Lipinski definition) is 4. The Bertz CT molecular complexity index is 381. The lowest BCUT2D eigenvalue weighted by Gasteiger charge is -2.23. The van der Waals surface area contributed by atoms with Gasteiger partial charge in [-0.25, -0.2) is 8.93 Å². The Morgan fingerprint density at radius 2 is 1.88 bits per heavy atom. The van der Waals surface area contributed by atoms with E-state index in [1.54, 1.807) is 0 Å². The molecule has 0 spiro atoms. The van der Waals surface area contributed by atoms with Crippen molar-refractivity contribution in [2.75, 3.05) is 13.1 Å². The van der Waals surface area contributed by atoms with Crippen molar-refractivity contribution in [2.45, 2.75) is 63.9 Å². The van der Waals surface area contributed by atoms with Gasteiger partial charge in [-0.3, -0.25) is 10.6 Å². The monoisotopic (exact) mass is 373 g/mol. The van der Waals surface area contributed by atoms with Crippen molar-refractivity contribution >= 4 is 11.0 Å². The molecule has 0 rings (SSSR count). The van der Waals surface area contributed by atoms with Gasteiger partial charge in [-0.15, -0.1) is 6.58 Å². The molecule has 144 valence electrons. The van der Waals surface area contributed by atoms with Crippen molar-refractivity contribution < 1.29 is 22.5 Å². The van der Waals surface area contributed by atoms with Crippen LogP contribution in [0.25, 0.3) is 0 Å². The van der Waals surface area contributed by atoms with Crippen molar-refractivity contribution in [1.82, 2.24) is 15.4 Å². The molecular weight excluding hydrogens is 343 g/mol. The van der Waals surface area contributed by atoms with E-state index in [0.717, 1.165) is 13.3 Å². The molecule has 24 heavy (non-hydrogen) atoms. The van der Waals surface area contributed by atoms with Gasteiger partial charge in [-0.05, 0) is 33.1 Å². The largest absolute Gasteiger partial charge is 0.392 e. The zero-order valence-corrected chi connectivity index (χ0v) is 15.3. The van der Waals surface area contributed by atoms with Crippen LogP contribution in [-0.4, -0.2) is 46.2 Å². The summed E-state index contributed by atoms with van der Waals surface area (Å²) in [6, 6.07) is 0. The second kappa shape index (κ2) is 12.0. The van der Waals surface area contributed by atoms with E-state index in [2.05, 4.69) is 21.9 Å². The molecule has 4 unspecified atom stereocenters. The van der Waals surface area contributed by atoms with Gasteiger partial charge in [0.15, 0.2) is 0 Å². The summed E-state index contributed by atoms with van der Waals surface area (Å²) in [5.41, 5.74) is 0. The van der Waals surface area contributed by atoms with E-state index in [1.165, 1.54) is 6.08 Å². The van der Waals surface area contributed by atoms with E-state index in [0.29, 0.717) is 19.4 Å². The highest BCUT2D eigenvalue weighted by molar-refractivity contribution is 7.83. The summed E-state index contributed by atoms with van der Waals surface area (Å²) < 4.78 is 51.7. The quantitative estimate of drug-likeness (QED) is 0.226. The maximum atomic E-state index is 12.4. The number of halogens is 3. The van der Waals surface area contributed by atoms with Gasteiger partial charge in [0.1, 0.15) is 6.23 Å². The Morgan fingerprint density at radius 3 is 2.38 bits per heavy atom. The molecule has 9 heteroatoms. The molecule has 0 aromatic rings. The third kappa shape index (κ3) is 11.1. The van der Waals surface area contributed by atoms with Gasteiger partial charge >= 0.3 is 6.18 Å². The van der Waals surface area contributed by atoms with Crippen LogP contribution in [0.2, 0.25) is 0 Å². The van der Waals surface area contributed by atoms with Gasteiger partial charge in [0, 0.05) is 18.3 Å². The van der Waals surface area contributed by atoms with Crippen molar-refractivity contribution in [1.29, 1.82) is 0 Å². The number of unbranched alkanes of at least 4 members (excludes halogenated alkanes) is 1. The van der Waals surface area contributed by atoms with Crippen LogP contribution in [0.3, 0.4) is 0 Å². The molecule has 0 aromatic carbocycles. The Labute approximate surface area is 145 Å². The summed E-state index contributed by atoms with van der Waals surface area (Å²) >= 11 is 0. The van der Waals surface area contributed by atoms with Crippen molar-refractivity contribution in [3.8, 4) is 0 Å². The molecule has 0 saturated heterocycles. The van der Waals surface area contributed by atoms with Crippen LogP contribution in [-0.2, 0) is 11.0 Å². The SMILES string of the molecule is C=CC(NCC(C)C(F)(F)F)NC(O)CCCCNS(=O)C(C)C. The van der Waals surface area contributed by atoms with Crippen molar-refractivity contribution in [3.63, 3.8) is 0 Å². The Morgan fingerprint density at radius 1 is 1.25 bits per heavy atom. The molecule has 0 aliphatic heterocycles. The van der Waals surface area contributed by atoms with E-state index < -0.39 is 35.5 Å². The summed E-state index contributed by atoms with van der Waals surface area (Å²) in [7, 11) is -1.05.